The van der Waals surface area contributed by atoms with Gasteiger partial charge < -0.3 is 10.1 Å². The zero-order chi connectivity index (χ0) is 12.3. The smallest absolute Gasteiger partial charge is 0.280 e. The molecule has 1 N–H and O–H groups in total. The Labute approximate surface area is 98.4 Å². The van der Waals surface area contributed by atoms with E-state index in [-0.39, 0.29) is 11.6 Å². The van der Waals surface area contributed by atoms with Crippen LogP contribution in [0.15, 0.2) is 6.20 Å². The largest absolute Gasteiger partial charge is 0.381 e. The van der Waals surface area contributed by atoms with Crippen molar-refractivity contribution in [3.8, 4) is 0 Å². The van der Waals surface area contributed by atoms with Crippen molar-refractivity contribution in [3.63, 3.8) is 0 Å². The predicted molar refractivity (Wildman–Crippen MR) is 57.9 cm³/mol. The molecule has 17 heavy (non-hydrogen) atoms. The first-order valence-electron chi connectivity index (χ1n) is 5.58. The highest BCUT2D eigenvalue weighted by Crippen LogP contribution is 2.26. The van der Waals surface area contributed by atoms with Crippen LogP contribution in [-0.4, -0.2) is 30.2 Å². The molecular formula is C11H15F2N3O. The number of hydrogen-bond donors (Lipinski definition) is 1. The van der Waals surface area contributed by atoms with Crippen LogP contribution in [0, 0.1) is 0 Å². The molecule has 1 unspecified atom stereocenters. The lowest BCUT2D eigenvalue weighted by atomic mass is 10.1. The molecule has 1 aliphatic heterocycles. The number of alkyl halides is 2. The molecule has 1 aromatic rings. The van der Waals surface area contributed by atoms with Crippen LogP contribution in [0.1, 0.15) is 35.8 Å². The molecule has 2 rings (SSSR count). The van der Waals surface area contributed by atoms with Gasteiger partial charge in [-0.2, -0.15) is 0 Å². The summed E-state index contributed by atoms with van der Waals surface area (Å²) in [5, 5.41) is 2.83. The van der Waals surface area contributed by atoms with Crippen LogP contribution in [0.5, 0.6) is 0 Å². The van der Waals surface area contributed by atoms with Gasteiger partial charge in [-0.25, -0.2) is 18.7 Å². The van der Waals surface area contributed by atoms with Crippen molar-refractivity contribution in [2.45, 2.75) is 25.3 Å². The van der Waals surface area contributed by atoms with Crippen molar-refractivity contribution < 1.29 is 13.5 Å². The third-order valence-electron chi connectivity index (χ3n) is 2.79. The van der Waals surface area contributed by atoms with E-state index in [1.807, 2.05) is 0 Å². The van der Waals surface area contributed by atoms with Crippen LogP contribution in [0.3, 0.4) is 0 Å². The molecular weight excluding hydrogens is 228 g/mol. The van der Waals surface area contributed by atoms with Gasteiger partial charge in [0.2, 0.25) is 0 Å². The Bertz CT molecular complexity index is 381. The number of hydrogen-bond acceptors (Lipinski definition) is 4. The standard InChI is InChI=1S/C11H15F2N3O/c1-14-4-8-5-15-11(7-2-3-17-6-7)16-9(8)10(12)13/h5,7,10,14H,2-4,6H2,1H3. The lowest BCUT2D eigenvalue weighted by molar-refractivity contribution is 0.143. The fourth-order valence-corrected chi connectivity index (χ4v) is 1.88. The van der Waals surface area contributed by atoms with E-state index in [4.69, 9.17) is 4.74 Å². The van der Waals surface area contributed by atoms with Gasteiger partial charge in [0.05, 0.1) is 6.61 Å². The number of aromatic nitrogens is 2. The molecule has 0 aromatic carbocycles. The molecule has 0 radical (unpaired) electrons. The van der Waals surface area contributed by atoms with E-state index in [0.717, 1.165) is 6.42 Å². The van der Waals surface area contributed by atoms with Crippen LogP contribution in [0.25, 0.3) is 0 Å². The Hall–Kier alpha value is -1.14. The van der Waals surface area contributed by atoms with Crippen LogP contribution < -0.4 is 5.32 Å². The third kappa shape index (κ3) is 2.76. The normalized spacial score (nSPS) is 20.1. The monoisotopic (exact) mass is 243 g/mol. The minimum atomic E-state index is -2.57. The maximum atomic E-state index is 12.9. The minimum absolute atomic E-state index is 0.0520. The van der Waals surface area contributed by atoms with E-state index in [0.29, 0.717) is 31.1 Å². The van der Waals surface area contributed by atoms with Gasteiger partial charge in [-0.1, -0.05) is 0 Å². The average molecular weight is 243 g/mol. The molecule has 1 saturated heterocycles. The van der Waals surface area contributed by atoms with Gasteiger partial charge in [-0.05, 0) is 13.5 Å². The summed E-state index contributed by atoms with van der Waals surface area (Å²) in [6, 6.07) is 0. The van der Waals surface area contributed by atoms with Crippen molar-refractivity contribution in [2.75, 3.05) is 20.3 Å². The van der Waals surface area contributed by atoms with E-state index >= 15 is 0 Å². The van der Waals surface area contributed by atoms with E-state index < -0.39 is 6.43 Å². The fraction of sp³-hybridized carbons (Fsp3) is 0.636. The summed E-state index contributed by atoms with van der Waals surface area (Å²) in [6.45, 7) is 1.52. The second kappa shape index (κ2) is 5.46. The molecule has 2 heterocycles. The fourth-order valence-electron chi connectivity index (χ4n) is 1.88. The first-order chi connectivity index (χ1) is 8.22. The van der Waals surface area contributed by atoms with E-state index in [1.165, 1.54) is 6.20 Å². The second-order valence-corrected chi connectivity index (χ2v) is 4.03. The number of nitrogens with one attached hydrogen (secondary N) is 1. The molecule has 1 aromatic heterocycles. The molecule has 6 heteroatoms. The maximum Gasteiger partial charge on any atom is 0.280 e. The molecule has 4 nitrogen and oxygen atoms in total. The summed E-state index contributed by atoms with van der Waals surface area (Å²) < 4.78 is 30.9. The number of nitrogens with zero attached hydrogens (tertiary/aromatic N) is 2. The van der Waals surface area contributed by atoms with Crippen molar-refractivity contribution in [2.24, 2.45) is 0 Å². The molecule has 1 fully saturated rings. The van der Waals surface area contributed by atoms with Crippen LogP contribution in [-0.2, 0) is 11.3 Å². The molecule has 1 atom stereocenters. The maximum absolute atomic E-state index is 12.9. The molecule has 0 amide bonds. The van der Waals surface area contributed by atoms with Crippen molar-refractivity contribution >= 4 is 0 Å². The highest BCUT2D eigenvalue weighted by atomic mass is 19.3. The van der Waals surface area contributed by atoms with Crippen LogP contribution >= 0.6 is 0 Å². The molecule has 0 aliphatic carbocycles. The molecule has 0 bridgehead atoms. The van der Waals surface area contributed by atoms with Crippen LogP contribution in [0.4, 0.5) is 8.78 Å². The topological polar surface area (TPSA) is 47.0 Å². The minimum Gasteiger partial charge on any atom is -0.381 e. The van der Waals surface area contributed by atoms with Gasteiger partial charge >= 0.3 is 0 Å². The number of halogens is 2. The van der Waals surface area contributed by atoms with Crippen molar-refractivity contribution in [1.29, 1.82) is 0 Å². The van der Waals surface area contributed by atoms with Gasteiger partial charge in [0.1, 0.15) is 11.5 Å². The Morgan fingerprint density at radius 1 is 1.59 bits per heavy atom. The summed E-state index contributed by atoms with van der Waals surface area (Å²) in [7, 11) is 1.70. The highest BCUT2D eigenvalue weighted by molar-refractivity contribution is 5.20. The Morgan fingerprint density at radius 2 is 2.41 bits per heavy atom. The summed E-state index contributed by atoms with van der Waals surface area (Å²) in [5.41, 5.74) is 0.279. The molecule has 0 saturated carbocycles. The lowest BCUT2D eigenvalue weighted by Crippen LogP contribution is -2.13. The Kier molecular flexibility index (Phi) is 3.96. The highest BCUT2D eigenvalue weighted by Gasteiger charge is 2.23. The van der Waals surface area contributed by atoms with Gasteiger partial charge in [-0.15, -0.1) is 0 Å². The van der Waals surface area contributed by atoms with Gasteiger partial charge in [-0.3, -0.25) is 0 Å². The summed E-state index contributed by atoms with van der Waals surface area (Å²) in [5.74, 6) is 0.522. The van der Waals surface area contributed by atoms with Crippen molar-refractivity contribution in [3.05, 3.63) is 23.3 Å². The van der Waals surface area contributed by atoms with Crippen molar-refractivity contribution in [1.82, 2.24) is 15.3 Å². The number of rotatable bonds is 4. The first-order valence-corrected chi connectivity index (χ1v) is 5.58. The first kappa shape index (κ1) is 12.3. The molecule has 94 valence electrons. The molecule has 0 spiro atoms. The van der Waals surface area contributed by atoms with Gasteiger partial charge in [0.25, 0.3) is 6.43 Å². The summed E-state index contributed by atoms with van der Waals surface area (Å²) >= 11 is 0. The Balaban J connectivity index is 2.27. The average Bonchev–Trinajstić information content (AvgIpc) is 2.83. The van der Waals surface area contributed by atoms with Gasteiger partial charge in [0, 0.05) is 30.8 Å². The second-order valence-electron chi connectivity index (χ2n) is 4.03. The van der Waals surface area contributed by atoms with Gasteiger partial charge in [0.15, 0.2) is 0 Å². The van der Waals surface area contributed by atoms with Crippen LogP contribution in [0.2, 0.25) is 0 Å². The zero-order valence-corrected chi connectivity index (χ0v) is 9.62. The quantitative estimate of drug-likeness (QED) is 0.873. The van der Waals surface area contributed by atoms with E-state index in [9.17, 15) is 8.78 Å². The number of ether oxygens (including phenoxy) is 1. The molecule has 1 aliphatic rings. The lowest BCUT2D eigenvalue weighted by Gasteiger charge is -2.11. The van der Waals surface area contributed by atoms with E-state index in [1.54, 1.807) is 7.05 Å². The predicted octanol–water partition coefficient (Wildman–Crippen LogP) is 1.64. The van der Waals surface area contributed by atoms with E-state index in [2.05, 4.69) is 15.3 Å². The Morgan fingerprint density at radius 3 is 3.00 bits per heavy atom. The third-order valence-corrected chi connectivity index (χ3v) is 2.79. The zero-order valence-electron chi connectivity index (χ0n) is 9.62. The summed E-state index contributed by atoms with van der Waals surface area (Å²) in [6.07, 6.45) is -0.283. The SMILES string of the molecule is CNCc1cnc(C2CCOC2)nc1C(F)F. The summed E-state index contributed by atoms with van der Waals surface area (Å²) in [4.78, 5) is 8.15.